The third-order valence-corrected chi connectivity index (χ3v) is 4.84. The Hall–Kier alpha value is -0.120. The van der Waals surface area contributed by atoms with Gasteiger partial charge in [-0.05, 0) is 13.0 Å². The number of likely N-dealkylation sites (N-methyl/N-ethyl adjacent to an activating group) is 2. The second-order valence-corrected chi connectivity index (χ2v) is 6.31. The maximum absolute atomic E-state index is 2.72. The fraction of sp³-hybridized carbons (Fsp3) is 1.00. The zero-order chi connectivity index (χ0) is 13.9. The largest absolute Gasteiger partial charge is 0.311 e. The van der Waals surface area contributed by atoms with Crippen LogP contribution in [0.2, 0.25) is 0 Å². The Bertz CT molecular complexity index is 248. The van der Waals surface area contributed by atoms with Crippen molar-refractivity contribution in [1.29, 1.82) is 0 Å². The standard InChI is InChI=1S/C13H28N3.C2H6/c1-6-11(2)12-13-15(8-7-14(12)3)9-10-16(13,4)5;1-2/h11-13H,6-10H2,1-5H3;1-2H3/q+1;. The maximum Gasteiger partial charge on any atom is 0.161 e. The minimum atomic E-state index is 0.716. The molecule has 0 aromatic carbocycles. The van der Waals surface area contributed by atoms with Gasteiger partial charge in [0.1, 0.15) is 0 Å². The predicted octanol–water partition coefficient (Wildman–Crippen LogP) is 2.09. The topological polar surface area (TPSA) is 6.48 Å². The number of hydrogen-bond acceptors (Lipinski definition) is 2. The predicted molar refractivity (Wildman–Crippen MR) is 79.6 cm³/mol. The molecule has 0 saturated carbocycles. The van der Waals surface area contributed by atoms with Crippen molar-refractivity contribution in [3.05, 3.63) is 0 Å². The lowest BCUT2D eigenvalue weighted by Crippen LogP contribution is -2.66. The molecule has 3 nitrogen and oxygen atoms in total. The van der Waals surface area contributed by atoms with Crippen molar-refractivity contribution in [1.82, 2.24) is 9.80 Å². The molecule has 2 heterocycles. The Balaban J connectivity index is 0.000000771. The van der Waals surface area contributed by atoms with Gasteiger partial charge in [-0.3, -0.25) is 4.90 Å². The Kier molecular flexibility index (Phi) is 5.63. The average Bonchev–Trinajstić information content (AvgIpc) is 2.67. The fourth-order valence-electron chi connectivity index (χ4n) is 3.60. The number of hydrogen-bond donors (Lipinski definition) is 0. The summed E-state index contributed by atoms with van der Waals surface area (Å²) in [7, 11) is 7.12. The lowest BCUT2D eigenvalue weighted by Gasteiger charge is -2.48. The molecule has 0 spiro atoms. The summed E-state index contributed by atoms with van der Waals surface area (Å²) in [5.74, 6) is 0.799. The summed E-state index contributed by atoms with van der Waals surface area (Å²) in [6.07, 6.45) is 2.01. The zero-order valence-electron chi connectivity index (χ0n) is 13.6. The molecule has 18 heavy (non-hydrogen) atoms. The van der Waals surface area contributed by atoms with Crippen LogP contribution in [0.5, 0.6) is 0 Å². The van der Waals surface area contributed by atoms with E-state index in [0.717, 1.165) is 12.0 Å². The van der Waals surface area contributed by atoms with Gasteiger partial charge in [0.25, 0.3) is 0 Å². The van der Waals surface area contributed by atoms with Crippen LogP contribution in [0.1, 0.15) is 34.1 Å². The molecule has 0 aromatic heterocycles. The summed E-state index contributed by atoms with van der Waals surface area (Å²) in [6.45, 7) is 13.8. The van der Waals surface area contributed by atoms with E-state index in [2.05, 4.69) is 44.8 Å². The van der Waals surface area contributed by atoms with Gasteiger partial charge in [0, 0.05) is 13.1 Å². The molecular weight excluding hydrogens is 222 g/mol. The van der Waals surface area contributed by atoms with Crippen LogP contribution < -0.4 is 0 Å². The average molecular weight is 256 g/mol. The first kappa shape index (κ1) is 15.9. The second-order valence-electron chi connectivity index (χ2n) is 6.31. The number of fused-ring (bicyclic) bond motifs is 1. The minimum absolute atomic E-state index is 0.716. The molecule has 0 bridgehead atoms. The lowest BCUT2D eigenvalue weighted by molar-refractivity contribution is -0.911. The van der Waals surface area contributed by atoms with Crippen molar-refractivity contribution < 1.29 is 4.48 Å². The molecule has 2 aliphatic rings. The van der Waals surface area contributed by atoms with E-state index in [4.69, 9.17) is 0 Å². The van der Waals surface area contributed by atoms with Crippen LogP contribution in [0.25, 0.3) is 0 Å². The van der Waals surface area contributed by atoms with Crippen LogP contribution in [-0.4, -0.2) is 73.8 Å². The van der Waals surface area contributed by atoms with Crippen molar-refractivity contribution in [3.63, 3.8) is 0 Å². The molecule has 0 amide bonds. The lowest BCUT2D eigenvalue weighted by atomic mass is 9.92. The zero-order valence-corrected chi connectivity index (χ0v) is 13.6. The van der Waals surface area contributed by atoms with Crippen molar-refractivity contribution in [3.8, 4) is 0 Å². The van der Waals surface area contributed by atoms with Crippen LogP contribution >= 0.6 is 0 Å². The smallest absolute Gasteiger partial charge is 0.161 e. The van der Waals surface area contributed by atoms with E-state index < -0.39 is 0 Å². The Morgan fingerprint density at radius 1 is 1.17 bits per heavy atom. The highest BCUT2D eigenvalue weighted by Crippen LogP contribution is 2.32. The Morgan fingerprint density at radius 3 is 2.33 bits per heavy atom. The number of rotatable bonds is 2. The molecule has 3 heteroatoms. The van der Waals surface area contributed by atoms with Crippen LogP contribution in [0, 0.1) is 5.92 Å². The van der Waals surface area contributed by atoms with Gasteiger partial charge in [0.15, 0.2) is 6.17 Å². The van der Waals surface area contributed by atoms with Gasteiger partial charge in [-0.25, -0.2) is 4.90 Å². The molecule has 108 valence electrons. The Morgan fingerprint density at radius 2 is 1.78 bits per heavy atom. The van der Waals surface area contributed by atoms with E-state index in [1.165, 1.54) is 37.1 Å². The molecular formula is C15H34N3+. The van der Waals surface area contributed by atoms with Crippen molar-refractivity contribution >= 4 is 0 Å². The summed E-state index contributed by atoms with van der Waals surface area (Å²) in [6, 6.07) is 0.733. The van der Waals surface area contributed by atoms with Crippen LogP contribution in [0.4, 0.5) is 0 Å². The third kappa shape index (κ3) is 2.89. The molecule has 2 aliphatic heterocycles. The highest BCUT2D eigenvalue weighted by molar-refractivity contribution is 4.90. The van der Waals surface area contributed by atoms with Crippen LogP contribution in [-0.2, 0) is 0 Å². The van der Waals surface area contributed by atoms with Crippen LogP contribution in [0.3, 0.4) is 0 Å². The molecule has 3 atom stereocenters. The van der Waals surface area contributed by atoms with Gasteiger partial charge in [-0.2, -0.15) is 0 Å². The molecule has 2 rings (SSSR count). The second kappa shape index (κ2) is 6.36. The molecule has 3 unspecified atom stereocenters. The highest BCUT2D eigenvalue weighted by Gasteiger charge is 2.50. The number of nitrogens with zero attached hydrogens (tertiary/aromatic N) is 3. The first-order chi connectivity index (χ1) is 8.47. The van der Waals surface area contributed by atoms with Crippen molar-refractivity contribution in [2.75, 3.05) is 47.3 Å². The molecule has 2 fully saturated rings. The van der Waals surface area contributed by atoms with Gasteiger partial charge < -0.3 is 4.48 Å². The van der Waals surface area contributed by atoms with E-state index in [0.29, 0.717) is 6.17 Å². The highest BCUT2D eigenvalue weighted by atomic mass is 15.5. The van der Waals surface area contributed by atoms with E-state index in [9.17, 15) is 0 Å². The van der Waals surface area contributed by atoms with Crippen LogP contribution in [0.15, 0.2) is 0 Å². The Labute approximate surface area is 114 Å². The first-order valence-corrected chi connectivity index (χ1v) is 7.74. The normalized spacial score (nSPS) is 33.5. The molecule has 0 N–H and O–H groups in total. The summed E-state index contributed by atoms with van der Waals surface area (Å²) < 4.78 is 1.18. The summed E-state index contributed by atoms with van der Waals surface area (Å²) >= 11 is 0. The van der Waals surface area contributed by atoms with Gasteiger partial charge in [0.05, 0.1) is 33.2 Å². The van der Waals surface area contributed by atoms with Crippen molar-refractivity contribution in [2.24, 2.45) is 5.92 Å². The van der Waals surface area contributed by atoms with Gasteiger partial charge in [-0.1, -0.05) is 34.1 Å². The van der Waals surface area contributed by atoms with E-state index in [-0.39, 0.29) is 0 Å². The minimum Gasteiger partial charge on any atom is -0.311 e. The van der Waals surface area contributed by atoms with E-state index in [1.54, 1.807) is 0 Å². The quantitative estimate of drug-likeness (QED) is 0.698. The third-order valence-electron chi connectivity index (χ3n) is 4.84. The molecule has 0 aliphatic carbocycles. The monoisotopic (exact) mass is 256 g/mol. The molecule has 0 radical (unpaired) electrons. The molecule has 2 saturated heterocycles. The number of piperazine rings is 1. The summed E-state index contributed by atoms with van der Waals surface area (Å²) in [5, 5.41) is 0. The maximum atomic E-state index is 2.72. The summed E-state index contributed by atoms with van der Waals surface area (Å²) in [5.41, 5.74) is 0. The summed E-state index contributed by atoms with van der Waals surface area (Å²) in [4.78, 5) is 5.32. The van der Waals surface area contributed by atoms with Gasteiger partial charge >= 0.3 is 0 Å². The fourth-order valence-corrected chi connectivity index (χ4v) is 3.60. The molecule has 0 aromatic rings. The van der Waals surface area contributed by atoms with Gasteiger partial charge in [-0.15, -0.1) is 0 Å². The SMILES string of the molecule is CC.CCC(C)C1C2N(CCN1C)CC[N+]2(C)C. The van der Waals surface area contributed by atoms with E-state index in [1.807, 2.05) is 13.8 Å². The van der Waals surface area contributed by atoms with E-state index >= 15 is 0 Å². The number of quaternary nitrogens is 1. The van der Waals surface area contributed by atoms with Gasteiger partial charge in [0.2, 0.25) is 0 Å². The first-order valence-electron chi connectivity index (χ1n) is 7.74. The van der Waals surface area contributed by atoms with Crippen molar-refractivity contribution in [2.45, 2.75) is 46.3 Å².